The number of halogens is 1. The monoisotopic (exact) mass is 408 g/mol. The fraction of sp³-hybridized carbons (Fsp3) is 0.0909. The van der Waals surface area contributed by atoms with Crippen LogP contribution in [0.2, 0.25) is 5.02 Å². The molecule has 0 saturated carbocycles. The highest BCUT2D eigenvalue weighted by Crippen LogP contribution is 2.38. The van der Waals surface area contributed by atoms with E-state index in [1.807, 2.05) is 17.6 Å². The number of imidazole rings is 1. The molecule has 0 aliphatic rings. The van der Waals surface area contributed by atoms with E-state index in [1.165, 1.54) is 18.2 Å². The van der Waals surface area contributed by atoms with Crippen molar-refractivity contribution >= 4 is 28.6 Å². The summed E-state index contributed by atoms with van der Waals surface area (Å²) >= 11 is 6.13. The van der Waals surface area contributed by atoms with Gasteiger partial charge in [0.1, 0.15) is 17.3 Å². The summed E-state index contributed by atoms with van der Waals surface area (Å²) in [5.74, 6) is -0.643. The zero-order chi connectivity index (χ0) is 20.7. The third-order valence-electron chi connectivity index (χ3n) is 4.81. The van der Waals surface area contributed by atoms with Crippen molar-refractivity contribution < 1.29 is 20.1 Å². The second-order valence-electron chi connectivity index (χ2n) is 6.61. The van der Waals surface area contributed by atoms with Crippen LogP contribution in [-0.4, -0.2) is 30.8 Å². The van der Waals surface area contributed by atoms with Gasteiger partial charge in [0, 0.05) is 16.8 Å². The Morgan fingerprint density at radius 3 is 2.41 bits per heavy atom. The highest BCUT2D eigenvalue weighted by Gasteiger charge is 2.19. The number of phenolic OH excluding ortho intramolecular Hbond substituents is 2. The maximum Gasteiger partial charge on any atom is 0.335 e. The number of rotatable bonds is 4. The van der Waals surface area contributed by atoms with E-state index in [2.05, 4.69) is 4.98 Å². The van der Waals surface area contributed by atoms with Crippen LogP contribution in [0.1, 0.15) is 22.8 Å². The van der Waals surface area contributed by atoms with E-state index in [9.17, 15) is 20.1 Å². The molecule has 146 valence electrons. The summed E-state index contributed by atoms with van der Waals surface area (Å²) in [6, 6.07) is 14.7. The van der Waals surface area contributed by atoms with Gasteiger partial charge in [-0.25, -0.2) is 9.78 Å². The highest BCUT2D eigenvalue weighted by molar-refractivity contribution is 6.31. The van der Waals surface area contributed by atoms with E-state index in [0.29, 0.717) is 39.6 Å². The van der Waals surface area contributed by atoms with Crippen molar-refractivity contribution in [3.05, 3.63) is 70.7 Å². The van der Waals surface area contributed by atoms with Crippen molar-refractivity contribution in [1.82, 2.24) is 9.55 Å². The van der Waals surface area contributed by atoms with Crippen LogP contribution in [0.5, 0.6) is 11.5 Å². The molecule has 0 aliphatic heterocycles. The number of aromatic nitrogens is 2. The van der Waals surface area contributed by atoms with Gasteiger partial charge < -0.3 is 15.3 Å². The number of phenols is 2. The molecule has 0 unspecified atom stereocenters. The average Bonchev–Trinajstić information content (AvgIpc) is 3.06. The Morgan fingerprint density at radius 2 is 1.76 bits per heavy atom. The summed E-state index contributed by atoms with van der Waals surface area (Å²) in [7, 11) is 0. The lowest BCUT2D eigenvalue weighted by molar-refractivity contribution is 0.0697. The summed E-state index contributed by atoms with van der Waals surface area (Å²) < 4.78 is 1.82. The van der Waals surface area contributed by atoms with Gasteiger partial charge in [-0.05, 0) is 60.5 Å². The largest absolute Gasteiger partial charge is 0.508 e. The second-order valence-corrected chi connectivity index (χ2v) is 7.04. The number of benzene rings is 3. The van der Waals surface area contributed by atoms with Crippen molar-refractivity contribution in [2.24, 2.45) is 0 Å². The molecule has 0 fully saturated rings. The lowest BCUT2D eigenvalue weighted by atomic mass is 10.1. The first-order valence-corrected chi connectivity index (χ1v) is 9.33. The fourth-order valence-electron chi connectivity index (χ4n) is 3.33. The highest BCUT2D eigenvalue weighted by atomic mass is 35.5. The number of carboxylic acid groups (broad SMARTS) is 1. The number of aromatic hydroxyl groups is 2. The molecule has 0 aliphatic carbocycles. The zero-order valence-corrected chi connectivity index (χ0v) is 16.2. The molecule has 1 aromatic heterocycles. The molecule has 0 radical (unpaired) electrons. The number of carbonyl (C=O) groups is 1. The van der Waals surface area contributed by atoms with E-state index < -0.39 is 5.97 Å². The van der Waals surface area contributed by atoms with E-state index >= 15 is 0 Å². The zero-order valence-electron chi connectivity index (χ0n) is 15.4. The Kier molecular flexibility index (Phi) is 4.64. The number of aryl methyl sites for hydroxylation is 1. The Labute approximate surface area is 171 Å². The average molecular weight is 409 g/mol. The van der Waals surface area contributed by atoms with Gasteiger partial charge in [-0.2, -0.15) is 0 Å². The van der Waals surface area contributed by atoms with Crippen LogP contribution in [0, 0.1) is 0 Å². The smallest absolute Gasteiger partial charge is 0.335 e. The number of hydrogen-bond acceptors (Lipinski definition) is 4. The third kappa shape index (κ3) is 3.28. The predicted octanol–water partition coefficient (Wildman–Crippen LogP) is 5.02. The van der Waals surface area contributed by atoms with Crippen molar-refractivity contribution in [3.8, 4) is 28.6 Å². The molecule has 3 N–H and O–H groups in total. The van der Waals surface area contributed by atoms with Gasteiger partial charge >= 0.3 is 5.97 Å². The Hall–Kier alpha value is -3.51. The summed E-state index contributed by atoms with van der Waals surface area (Å²) in [6.45, 7) is 1.91. The molecule has 0 amide bonds. The minimum absolute atomic E-state index is 0.0188. The first-order valence-electron chi connectivity index (χ1n) is 8.96. The van der Waals surface area contributed by atoms with Gasteiger partial charge in [-0.1, -0.05) is 18.5 Å². The molecule has 0 atom stereocenters. The molecule has 0 spiro atoms. The summed E-state index contributed by atoms with van der Waals surface area (Å²) in [5, 5.41) is 30.3. The van der Waals surface area contributed by atoms with Gasteiger partial charge in [-0.3, -0.25) is 4.57 Å². The lowest BCUT2D eigenvalue weighted by Crippen LogP contribution is -2.01. The topological polar surface area (TPSA) is 95.6 Å². The molecular formula is C22H17ClN2O4. The number of aromatic carboxylic acids is 1. The molecule has 0 bridgehead atoms. The number of fused-ring (bicyclic) bond motifs is 1. The molecule has 3 aromatic carbocycles. The van der Waals surface area contributed by atoms with Gasteiger partial charge in [0.15, 0.2) is 0 Å². The second kappa shape index (κ2) is 7.14. The summed E-state index contributed by atoms with van der Waals surface area (Å²) in [4.78, 5) is 15.9. The van der Waals surface area contributed by atoms with Crippen molar-refractivity contribution in [1.29, 1.82) is 0 Å². The third-order valence-corrected chi connectivity index (χ3v) is 5.04. The first-order chi connectivity index (χ1) is 13.9. The lowest BCUT2D eigenvalue weighted by Gasteiger charge is -2.13. The van der Waals surface area contributed by atoms with E-state index in [0.717, 1.165) is 5.52 Å². The van der Waals surface area contributed by atoms with E-state index in [4.69, 9.17) is 11.6 Å². The minimum Gasteiger partial charge on any atom is -0.508 e. The van der Waals surface area contributed by atoms with Gasteiger partial charge in [0.2, 0.25) is 0 Å². The van der Waals surface area contributed by atoms with Crippen LogP contribution >= 0.6 is 11.6 Å². The Bertz CT molecular complexity index is 1250. The molecule has 4 aromatic rings. The van der Waals surface area contributed by atoms with Crippen LogP contribution in [0.15, 0.2) is 54.6 Å². The number of carboxylic acids is 1. The van der Waals surface area contributed by atoms with Crippen LogP contribution in [0.4, 0.5) is 0 Å². The SMILES string of the molecule is CCc1cc(-c2nc3cc(Cl)ccc3n2-c2ccc(C(=O)O)cc2)c(O)cc1O. The molecular weight excluding hydrogens is 392 g/mol. The Balaban J connectivity index is 2.02. The van der Waals surface area contributed by atoms with Crippen LogP contribution in [0.3, 0.4) is 0 Å². The van der Waals surface area contributed by atoms with Crippen LogP contribution < -0.4 is 0 Å². The molecule has 6 nitrogen and oxygen atoms in total. The van der Waals surface area contributed by atoms with Gasteiger partial charge in [-0.15, -0.1) is 0 Å². The van der Waals surface area contributed by atoms with Crippen LogP contribution in [-0.2, 0) is 6.42 Å². The minimum atomic E-state index is -1.01. The van der Waals surface area contributed by atoms with Gasteiger partial charge in [0.05, 0.1) is 22.2 Å². The summed E-state index contributed by atoms with van der Waals surface area (Å²) in [6.07, 6.45) is 0.582. The molecule has 7 heteroatoms. The maximum absolute atomic E-state index is 11.2. The molecule has 29 heavy (non-hydrogen) atoms. The van der Waals surface area contributed by atoms with Gasteiger partial charge in [0.25, 0.3) is 0 Å². The quantitative estimate of drug-likeness (QED) is 0.440. The summed E-state index contributed by atoms with van der Waals surface area (Å²) in [5.41, 5.74) is 3.35. The van der Waals surface area contributed by atoms with Crippen molar-refractivity contribution in [2.75, 3.05) is 0 Å². The van der Waals surface area contributed by atoms with E-state index in [1.54, 1.807) is 30.3 Å². The van der Waals surface area contributed by atoms with E-state index in [-0.39, 0.29) is 17.1 Å². The standard InChI is InChI=1S/C22H17ClN2O4/c1-2-12-9-16(20(27)11-19(12)26)21-24-17-10-14(23)5-8-18(17)25(21)15-6-3-13(4-7-15)22(28)29/h3-11,26-27H,2H2,1H3,(H,28,29). The molecule has 0 saturated heterocycles. The van der Waals surface area contributed by atoms with Crippen molar-refractivity contribution in [2.45, 2.75) is 13.3 Å². The maximum atomic E-state index is 11.2. The first kappa shape index (κ1) is 18.8. The predicted molar refractivity (Wildman–Crippen MR) is 111 cm³/mol. The normalized spacial score (nSPS) is 11.1. The number of nitrogens with zero attached hydrogens (tertiary/aromatic N) is 2. The molecule has 1 heterocycles. The van der Waals surface area contributed by atoms with Crippen molar-refractivity contribution in [3.63, 3.8) is 0 Å². The van der Waals surface area contributed by atoms with Crippen LogP contribution in [0.25, 0.3) is 28.1 Å². The Morgan fingerprint density at radius 1 is 1.03 bits per heavy atom. The molecule has 4 rings (SSSR count). The number of hydrogen-bond donors (Lipinski definition) is 3. The fourth-order valence-corrected chi connectivity index (χ4v) is 3.50.